The van der Waals surface area contributed by atoms with Gasteiger partial charge in [-0.3, -0.25) is 4.90 Å². The molecule has 0 N–H and O–H groups in total. The molecule has 0 aliphatic carbocycles. The summed E-state index contributed by atoms with van der Waals surface area (Å²) in [5, 5.41) is 0. The van der Waals surface area contributed by atoms with Crippen LogP contribution in [0.1, 0.15) is 12.0 Å². The van der Waals surface area contributed by atoms with E-state index in [-0.39, 0.29) is 0 Å². The molecule has 3 nitrogen and oxygen atoms in total. The molecule has 1 aliphatic rings. The minimum absolute atomic E-state index is 0.388. The summed E-state index contributed by atoms with van der Waals surface area (Å²) >= 11 is 3.60. The summed E-state index contributed by atoms with van der Waals surface area (Å²) in [5.41, 5.74) is 1.26. The zero-order valence-corrected chi connectivity index (χ0v) is 11.9. The van der Waals surface area contributed by atoms with E-state index in [9.17, 15) is 0 Å². The maximum absolute atomic E-state index is 5.38. The van der Waals surface area contributed by atoms with Crippen LogP contribution >= 0.6 is 15.9 Å². The molecule has 0 saturated carbocycles. The van der Waals surface area contributed by atoms with Gasteiger partial charge in [-0.1, -0.05) is 12.1 Å². The average molecular weight is 300 g/mol. The van der Waals surface area contributed by atoms with Crippen molar-refractivity contribution in [1.29, 1.82) is 0 Å². The highest BCUT2D eigenvalue weighted by atomic mass is 79.9. The first-order valence-electron chi connectivity index (χ1n) is 5.81. The molecule has 1 saturated heterocycles. The van der Waals surface area contributed by atoms with Gasteiger partial charge in [-0.2, -0.15) is 0 Å². The summed E-state index contributed by atoms with van der Waals surface area (Å²) in [7, 11) is 3.48. The van der Waals surface area contributed by atoms with Crippen LogP contribution < -0.4 is 4.74 Å². The van der Waals surface area contributed by atoms with E-state index in [0.717, 1.165) is 36.3 Å². The Morgan fingerprint density at radius 2 is 2.24 bits per heavy atom. The molecule has 1 heterocycles. The molecular formula is C13H18BrNO2. The molecule has 0 unspecified atom stereocenters. The van der Waals surface area contributed by atoms with Gasteiger partial charge in [-0.25, -0.2) is 0 Å². The molecule has 0 aromatic heterocycles. The fraction of sp³-hybridized carbons (Fsp3) is 0.538. The van der Waals surface area contributed by atoms with Gasteiger partial charge in [0.25, 0.3) is 0 Å². The van der Waals surface area contributed by atoms with Crippen LogP contribution in [0.3, 0.4) is 0 Å². The number of likely N-dealkylation sites (tertiary alicyclic amines) is 1. The minimum atomic E-state index is 0.388. The molecule has 1 fully saturated rings. The predicted octanol–water partition coefficient (Wildman–Crippen LogP) is 2.68. The summed E-state index contributed by atoms with van der Waals surface area (Å²) in [6.45, 7) is 3.06. The van der Waals surface area contributed by atoms with Gasteiger partial charge in [-0.15, -0.1) is 0 Å². The van der Waals surface area contributed by atoms with Gasteiger partial charge in [0.15, 0.2) is 0 Å². The molecule has 17 heavy (non-hydrogen) atoms. The Morgan fingerprint density at radius 1 is 1.41 bits per heavy atom. The second kappa shape index (κ2) is 5.85. The number of ether oxygens (including phenoxy) is 2. The molecule has 1 aromatic rings. The Balaban J connectivity index is 2.04. The molecule has 94 valence electrons. The molecule has 2 rings (SSSR count). The van der Waals surface area contributed by atoms with Crippen LogP contribution in [0.4, 0.5) is 0 Å². The smallest absolute Gasteiger partial charge is 0.133 e. The third-order valence-corrected chi connectivity index (χ3v) is 4.12. The van der Waals surface area contributed by atoms with Crippen molar-refractivity contribution in [3.05, 3.63) is 28.2 Å². The highest BCUT2D eigenvalue weighted by molar-refractivity contribution is 9.10. The lowest BCUT2D eigenvalue weighted by atomic mass is 10.2. The van der Waals surface area contributed by atoms with Crippen LogP contribution in [0.2, 0.25) is 0 Å². The summed E-state index contributed by atoms with van der Waals surface area (Å²) < 4.78 is 11.7. The van der Waals surface area contributed by atoms with E-state index in [1.807, 2.05) is 12.1 Å². The Morgan fingerprint density at radius 3 is 2.88 bits per heavy atom. The van der Waals surface area contributed by atoms with E-state index in [0.29, 0.717) is 6.10 Å². The minimum Gasteiger partial charge on any atom is -0.496 e. The second-order valence-corrected chi connectivity index (χ2v) is 5.11. The van der Waals surface area contributed by atoms with Gasteiger partial charge >= 0.3 is 0 Å². The molecular weight excluding hydrogens is 282 g/mol. The van der Waals surface area contributed by atoms with E-state index >= 15 is 0 Å². The van der Waals surface area contributed by atoms with Crippen LogP contribution in [0, 0.1) is 0 Å². The van der Waals surface area contributed by atoms with Gasteiger partial charge in [-0.05, 0) is 34.0 Å². The van der Waals surface area contributed by atoms with Crippen molar-refractivity contribution < 1.29 is 9.47 Å². The topological polar surface area (TPSA) is 21.7 Å². The van der Waals surface area contributed by atoms with E-state index in [1.54, 1.807) is 14.2 Å². The Labute approximate surface area is 111 Å². The molecule has 1 aromatic carbocycles. The summed E-state index contributed by atoms with van der Waals surface area (Å²) in [6.07, 6.45) is 1.51. The zero-order chi connectivity index (χ0) is 12.3. The number of rotatable bonds is 4. The number of methoxy groups -OCH3 is 2. The van der Waals surface area contributed by atoms with Crippen molar-refractivity contribution in [1.82, 2.24) is 4.90 Å². The molecule has 1 aliphatic heterocycles. The van der Waals surface area contributed by atoms with Crippen molar-refractivity contribution in [3.63, 3.8) is 0 Å². The number of hydrogen-bond donors (Lipinski definition) is 0. The van der Waals surface area contributed by atoms with Crippen LogP contribution in [0.25, 0.3) is 0 Å². The van der Waals surface area contributed by atoms with E-state index < -0.39 is 0 Å². The summed E-state index contributed by atoms with van der Waals surface area (Å²) in [4.78, 5) is 2.41. The molecule has 0 radical (unpaired) electrons. The van der Waals surface area contributed by atoms with E-state index in [2.05, 4.69) is 26.9 Å². The van der Waals surface area contributed by atoms with E-state index in [4.69, 9.17) is 9.47 Å². The van der Waals surface area contributed by atoms with Gasteiger partial charge < -0.3 is 9.47 Å². The quantitative estimate of drug-likeness (QED) is 0.853. The van der Waals surface area contributed by atoms with Crippen LogP contribution in [-0.2, 0) is 11.3 Å². The summed E-state index contributed by atoms with van der Waals surface area (Å²) in [6, 6.07) is 6.13. The molecule has 0 spiro atoms. The van der Waals surface area contributed by atoms with E-state index in [1.165, 1.54) is 5.56 Å². The lowest BCUT2D eigenvalue weighted by molar-refractivity contribution is 0.107. The average Bonchev–Trinajstić information content (AvgIpc) is 2.79. The molecule has 0 bridgehead atoms. The maximum atomic E-state index is 5.38. The van der Waals surface area contributed by atoms with Gasteiger partial charge in [0, 0.05) is 26.7 Å². The number of nitrogens with zero attached hydrogens (tertiary/aromatic N) is 1. The SMILES string of the molecule is COc1cccc(CN2CC[C@@H](OC)C2)c1Br. The summed E-state index contributed by atoms with van der Waals surface area (Å²) in [5.74, 6) is 0.894. The molecule has 0 amide bonds. The van der Waals surface area contributed by atoms with Gasteiger partial charge in [0.05, 0.1) is 17.7 Å². The maximum Gasteiger partial charge on any atom is 0.133 e. The van der Waals surface area contributed by atoms with Gasteiger partial charge in [0.2, 0.25) is 0 Å². The lowest BCUT2D eigenvalue weighted by Gasteiger charge is -2.17. The molecule has 4 heteroatoms. The highest BCUT2D eigenvalue weighted by Crippen LogP contribution is 2.29. The Kier molecular flexibility index (Phi) is 4.42. The molecule has 1 atom stereocenters. The highest BCUT2D eigenvalue weighted by Gasteiger charge is 2.22. The first kappa shape index (κ1) is 12.9. The Bertz CT molecular complexity index is 384. The number of benzene rings is 1. The third kappa shape index (κ3) is 3.00. The van der Waals surface area contributed by atoms with Crippen LogP contribution in [0.5, 0.6) is 5.75 Å². The second-order valence-electron chi connectivity index (χ2n) is 4.31. The van der Waals surface area contributed by atoms with Crippen molar-refractivity contribution in [2.24, 2.45) is 0 Å². The van der Waals surface area contributed by atoms with Crippen molar-refractivity contribution >= 4 is 15.9 Å². The van der Waals surface area contributed by atoms with Crippen molar-refractivity contribution in [2.75, 3.05) is 27.3 Å². The first-order valence-corrected chi connectivity index (χ1v) is 6.60. The van der Waals surface area contributed by atoms with Crippen molar-refractivity contribution in [2.45, 2.75) is 19.1 Å². The fourth-order valence-corrected chi connectivity index (χ4v) is 2.76. The normalized spacial score (nSPS) is 20.8. The van der Waals surface area contributed by atoms with Crippen LogP contribution in [-0.4, -0.2) is 38.3 Å². The van der Waals surface area contributed by atoms with Crippen molar-refractivity contribution in [3.8, 4) is 5.75 Å². The monoisotopic (exact) mass is 299 g/mol. The lowest BCUT2D eigenvalue weighted by Crippen LogP contribution is -2.22. The first-order chi connectivity index (χ1) is 8.24. The van der Waals surface area contributed by atoms with Crippen LogP contribution in [0.15, 0.2) is 22.7 Å². The largest absolute Gasteiger partial charge is 0.496 e. The number of halogens is 1. The van der Waals surface area contributed by atoms with Gasteiger partial charge in [0.1, 0.15) is 5.75 Å². The standard InChI is InChI=1S/C13H18BrNO2/c1-16-11-6-7-15(9-11)8-10-4-3-5-12(17-2)13(10)14/h3-5,11H,6-9H2,1-2H3/t11-/m1/s1. The zero-order valence-electron chi connectivity index (χ0n) is 10.3. The Hall–Kier alpha value is -0.580. The third-order valence-electron chi connectivity index (χ3n) is 3.22. The number of hydrogen-bond acceptors (Lipinski definition) is 3. The predicted molar refractivity (Wildman–Crippen MR) is 71.4 cm³/mol. The fourth-order valence-electron chi connectivity index (χ4n) is 2.21.